The number of hydrogen-bond donors (Lipinski definition) is 1. The van der Waals surface area contributed by atoms with Crippen LogP contribution < -0.4 is 5.56 Å². The predicted octanol–water partition coefficient (Wildman–Crippen LogP) is 2.81. The van der Waals surface area contributed by atoms with Gasteiger partial charge in [0.15, 0.2) is 0 Å². The maximum Gasteiger partial charge on any atom is 0.269 e. The van der Waals surface area contributed by atoms with Gasteiger partial charge in [0, 0.05) is 5.88 Å². The standard InChI is InChI=1S/C7H5BrClF2NO/c8-4-1-3(2-9)5(6(10)11)7(13)12-4/h1,6H,2H2,(H,12,13). The zero-order valence-corrected chi connectivity index (χ0v) is 8.62. The van der Waals surface area contributed by atoms with Crippen molar-refractivity contribution >= 4 is 27.5 Å². The van der Waals surface area contributed by atoms with Gasteiger partial charge in [0.1, 0.15) is 0 Å². The molecule has 0 aliphatic carbocycles. The molecule has 6 heteroatoms. The minimum Gasteiger partial charge on any atom is -0.316 e. The number of alkyl halides is 3. The highest BCUT2D eigenvalue weighted by molar-refractivity contribution is 9.10. The minimum absolute atomic E-state index is 0.109. The van der Waals surface area contributed by atoms with E-state index in [-0.39, 0.29) is 11.4 Å². The van der Waals surface area contributed by atoms with E-state index in [1.54, 1.807) is 0 Å². The first-order valence-corrected chi connectivity index (χ1v) is 4.64. The number of aromatic nitrogens is 1. The van der Waals surface area contributed by atoms with Crippen LogP contribution >= 0.6 is 27.5 Å². The number of hydrogen-bond acceptors (Lipinski definition) is 1. The lowest BCUT2D eigenvalue weighted by Crippen LogP contribution is -2.15. The summed E-state index contributed by atoms with van der Waals surface area (Å²) in [5, 5.41) is 0. The van der Waals surface area contributed by atoms with Crippen molar-refractivity contribution in [3.05, 3.63) is 32.2 Å². The molecule has 0 bridgehead atoms. The van der Waals surface area contributed by atoms with Crippen molar-refractivity contribution in [1.29, 1.82) is 0 Å². The molecule has 1 heterocycles. The largest absolute Gasteiger partial charge is 0.316 e. The molecule has 0 amide bonds. The molecule has 0 saturated heterocycles. The van der Waals surface area contributed by atoms with Gasteiger partial charge in [-0.25, -0.2) is 8.78 Å². The van der Waals surface area contributed by atoms with Gasteiger partial charge >= 0.3 is 0 Å². The van der Waals surface area contributed by atoms with Crippen LogP contribution in [0.25, 0.3) is 0 Å². The number of nitrogens with one attached hydrogen (secondary N) is 1. The van der Waals surface area contributed by atoms with Gasteiger partial charge in [0.05, 0.1) is 10.2 Å². The number of rotatable bonds is 2. The zero-order valence-electron chi connectivity index (χ0n) is 6.28. The number of pyridine rings is 1. The van der Waals surface area contributed by atoms with Crippen molar-refractivity contribution in [2.75, 3.05) is 0 Å². The Bertz CT molecular complexity index is 366. The molecule has 1 N–H and O–H groups in total. The highest BCUT2D eigenvalue weighted by atomic mass is 79.9. The van der Waals surface area contributed by atoms with E-state index in [0.29, 0.717) is 4.60 Å². The van der Waals surface area contributed by atoms with E-state index in [9.17, 15) is 13.6 Å². The molecule has 1 aromatic rings. The monoisotopic (exact) mass is 271 g/mol. The normalized spacial score (nSPS) is 10.8. The number of aromatic amines is 1. The van der Waals surface area contributed by atoms with Crippen molar-refractivity contribution in [2.45, 2.75) is 12.3 Å². The SMILES string of the molecule is O=c1[nH]c(Br)cc(CCl)c1C(F)F. The van der Waals surface area contributed by atoms with Gasteiger partial charge in [-0.3, -0.25) is 4.79 Å². The predicted molar refractivity (Wildman–Crippen MR) is 49.3 cm³/mol. The first-order chi connectivity index (χ1) is 6.06. The summed E-state index contributed by atoms with van der Waals surface area (Å²) in [5.41, 5.74) is -1.22. The van der Waals surface area contributed by atoms with E-state index in [4.69, 9.17) is 11.6 Å². The first kappa shape index (κ1) is 10.7. The Morgan fingerprint density at radius 2 is 2.23 bits per heavy atom. The van der Waals surface area contributed by atoms with Crippen LogP contribution in [0.15, 0.2) is 15.5 Å². The summed E-state index contributed by atoms with van der Waals surface area (Å²) < 4.78 is 25.0. The lowest BCUT2D eigenvalue weighted by atomic mass is 10.2. The molecule has 2 nitrogen and oxygen atoms in total. The Morgan fingerprint density at radius 3 is 2.69 bits per heavy atom. The summed E-state index contributed by atoms with van der Waals surface area (Å²) in [6.45, 7) is 0. The van der Waals surface area contributed by atoms with Gasteiger partial charge in [-0.2, -0.15) is 0 Å². The van der Waals surface area contributed by atoms with Gasteiger partial charge in [-0.05, 0) is 27.6 Å². The molecule has 0 fully saturated rings. The van der Waals surface area contributed by atoms with Crippen molar-refractivity contribution in [1.82, 2.24) is 4.98 Å². The Labute approximate surface area is 86.0 Å². The van der Waals surface area contributed by atoms with Crippen LogP contribution in [0, 0.1) is 0 Å². The molecular weight excluding hydrogens is 267 g/mol. The first-order valence-electron chi connectivity index (χ1n) is 3.32. The van der Waals surface area contributed by atoms with Crippen molar-refractivity contribution < 1.29 is 8.78 Å². The Morgan fingerprint density at radius 1 is 1.62 bits per heavy atom. The van der Waals surface area contributed by atoms with Gasteiger partial charge in [-0.1, -0.05) is 0 Å². The summed E-state index contributed by atoms with van der Waals surface area (Å²) in [5.74, 6) is -0.109. The molecule has 0 unspecified atom stereocenters. The van der Waals surface area contributed by atoms with Crippen LogP contribution in [0.2, 0.25) is 0 Å². The molecule has 0 aromatic carbocycles. The highest BCUT2D eigenvalue weighted by Gasteiger charge is 2.17. The van der Waals surface area contributed by atoms with Crippen LogP contribution in [0.5, 0.6) is 0 Å². The van der Waals surface area contributed by atoms with E-state index in [0.717, 1.165) is 0 Å². The fraction of sp³-hybridized carbons (Fsp3) is 0.286. The highest BCUT2D eigenvalue weighted by Crippen LogP contribution is 2.22. The van der Waals surface area contributed by atoms with Crippen LogP contribution in [0.1, 0.15) is 17.6 Å². The maximum absolute atomic E-state index is 12.3. The molecule has 1 rings (SSSR count). The van der Waals surface area contributed by atoms with E-state index in [1.165, 1.54) is 6.07 Å². The molecule has 0 aliphatic rings. The van der Waals surface area contributed by atoms with Crippen LogP contribution in [-0.2, 0) is 5.88 Å². The Balaban J connectivity index is 3.39. The van der Waals surface area contributed by atoms with Gasteiger partial charge in [0.2, 0.25) is 0 Å². The fourth-order valence-electron chi connectivity index (χ4n) is 0.938. The summed E-state index contributed by atoms with van der Waals surface area (Å²) in [4.78, 5) is 13.3. The lowest BCUT2D eigenvalue weighted by molar-refractivity contribution is 0.148. The number of halogens is 4. The Kier molecular flexibility index (Phi) is 3.44. The quantitative estimate of drug-likeness (QED) is 0.652. The molecule has 1 aromatic heterocycles. The summed E-state index contributed by atoms with van der Waals surface area (Å²) in [6.07, 6.45) is -2.80. The smallest absolute Gasteiger partial charge is 0.269 e. The summed E-state index contributed by atoms with van der Waals surface area (Å²) in [6, 6.07) is 1.37. The average molecular weight is 272 g/mol. The molecule has 0 spiro atoms. The van der Waals surface area contributed by atoms with E-state index in [1.807, 2.05) is 0 Å². The minimum atomic E-state index is -2.80. The molecule has 0 radical (unpaired) electrons. The average Bonchev–Trinajstić information content (AvgIpc) is 2.01. The second kappa shape index (κ2) is 4.19. The van der Waals surface area contributed by atoms with E-state index in [2.05, 4.69) is 20.9 Å². The second-order valence-corrected chi connectivity index (χ2v) is 3.44. The second-order valence-electron chi connectivity index (χ2n) is 2.32. The molecule has 0 aliphatic heterocycles. The van der Waals surface area contributed by atoms with Crippen LogP contribution in [-0.4, -0.2) is 4.98 Å². The van der Waals surface area contributed by atoms with E-state index < -0.39 is 17.5 Å². The molecule has 72 valence electrons. The Hall–Kier alpha value is -0.420. The van der Waals surface area contributed by atoms with Crippen LogP contribution in [0.3, 0.4) is 0 Å². The molecule has 13 heavy (non-hydrogen) atoms. The van der Waals surface area contributed by atoms with Crippen molar-refractivity contribution in [3.8, 4) is 0 Å². The number of H-pyrrole nitrogens is 1. The van der Waals surface area contributed by atoms with Crippen LogP contribution in [0.4, 0.5) is 8.78 Å². The topological polar surface area (TPSA) is 32.9 Å². The zero-order chi connectivity index (χ0) is 10.0. The van der Waals surface area contributed by atoms with Crippen molar-refractivity contribution in [2.24, 2.45) is 0 Å². The van der Waals surface area contributed by atoms with Crippen molar-refractivity contribution in [3.63, 3.8) is 0 Å². The summed E-state index contributed by atoms with van der Waals surface area (Å²) in [7, 11) is 0. The van der Waals surface area contributed by atoms with Gasteiger partial charge in [0.25, 0.3) is 12.0 Å². The van der Waals surface area contributed by atoms with E-state index >= 15 is 0 Å². The fourth-order valence-corrected chi connectivity index (χ4v) is 1.62. The molecular formula is C7H5BrClF2NO. The van der Waals surface area contributed by atoms with Gasteiger partial charge in [-0.15, -0.1) is 11.6 Å². The maximum atomic E-state index is 12.3. The lowest BCUT2D eigenvalue weighted by Gasteiger charge is -2.04. The third-order valence-electron chi connectivity index (χ3n) is 1.49. The summed E-state index contributed by atoms with van der Waals surface area (Å²) >= 11 is 8.39. The third kappa shape index (κ3) is 2.28. The third-order valence-corrected chi connectivity index (χ3v) is 2.20. The molecule has 0 saturated carbocycles. The van der Waals surface area contributed by atoms with Gasteiger partial charge < -0.3 is 4.98 Å². The molecule has 0 atom stereocenters.